The molecule has 38 heavy (non-hydrogen) atoms. The quantitative estimate of drug-likeness (QED) is 0.235. The average molecular weight is 528 g/mol. The van der Waals surface area contributed by atoms with Gasteiger partial charge in [0, 0.05) is 23.5 Å². The smallest absolute Gasteiger partial charge is 0.326 e. The Kier molecular flexibility index (Phi) is 10.3. The average Bonchev–Trinajstić information content (AvgIpc) is 3.56. The fourth-order valence-corrected chi connectivity index (χ4v) is 4.82. The number of hydrogen-bond donors (Lipinski definition) is 6. The summed E-state index contributed by atoms with van der Waals surface area (Å²) >= 11 is 0. The van der Waals surface area contributed by atoms with Crippen LogP contribution in [0.3, 0.4) is 0 Å². The van der Waals surface area contributed by atoms with Crippen LogP contribution in [-0.2, 0) is 25.6 Å². The fourth-order valence-electron chi connectivity index (χ4n) is 4.82. The number of carboxylic acid groups (broad SMARTS) is 1. The molecule has 1 fully saturated rings. The van der Waals surface area contributed by atoms with E-state index in [-0.39, 0.29) is 30.2 Å². The van der Waals surface area contributed by atoms with Gasteiger partial charge in [-0.25, -0.2) is 4.79 Å². The van der Waals surface area contributed by atoms with Crippen molar-refractivity contribution < 1.29 is 24.3 Å². The summed E-state index contributed by atoms with van der Waals surface area (Å²) in [6.45, 7) is 8.41. The van der Waals surface area contributed by atoms with Gasteiger partial charge < -0.3 is 31.4 Å². The highest BCUT2D eigenvalue weighted by Gasteiger charge is 2.34. The van der Waals surface area contributed by atoms with Gasteiger partial charge in [0.15, 0.2) is 0 Å². The van der Waals surface area contributed by atoms with Crippen LogP contribution < -0.4 is 21.3 Å². The molecule has 5 atom stereocenters. The zero-order valence-electron chi connectivity index (χ0n) is 22.7. The van der Waals surface area contributed by atoms with Gasteiger partial charge in [0.25, 0.3) is 0 Å². The van der Waals surface area contributed by atoms with Crippen LogP contribution >= 0.6 is 0 Å². The van der Waals surface area contributed by atoms with Crippen molar-refractivity contribution in [1.29, 1.82) is 0 Å². The molecule has 1 aromatic heterocycles. The zero-order chi connectivity index (χ0) is 27.8. The number of carbonyl (C=O) groups excluding carboxylic acids is 3. The predicted molar refractivity (Wildman–Crippen MR) is 145 cm³/mol. The van der Waals surface area contributed by atoms with Gasteiger partial charge >= 0.3 is 5.97 Å². The van der Waals surface area contributed by atoms with Crippen molar-refractivity contribution in [2.75, 3.05) is 6.54 Å². The van der Waals surface area contributed by atoms with Crippen LogP contribution in [0.1, 0.15) is 58.9 Å². The number of aromatic amines is 1. The maximum Gasteiger partial charge on any atom is 0.326 e. The Morgan fingerprint density at radius 3 is 2.39 bits per heavy atom. The van der Waals surface area contributed by atoms with Crippen LogP contribution in [0.4, 0.5) is 0 Å². The zero-order valence-corrected chi connectivity index (χ0v) is 22.7. The number of aromatic nitrogens is 1. The van der Waals surface area contributed by atoms with Gasteiger partial charge in [0.05, 0.1) is 6.04 Å². The standard InChI is InChI=1S/C28H41N5O5/c1-5-17(4)24(33-26(35)22(13-16(2)3)31-25(34)21-11-8-12-29-21)27(36)32-23(28(37)38)14-18-15-30-20-10-7-6-9-19(18)20/h6-7,9-10,15-17,21-24,29-30H,5,8,11-14H2,1-4H3,(H,31,34)(H,32,36)(H,33,35)(H,37,38). The summed E-state index contributed by atoms with van der Waals surface area (Å²) in [5.41, 5.74) is 1.66. The lowest BCUT2D eigenvalue weighted by Crippen LogP contribution is -2.59. The van der Waals surface area contributed by atoms with E-state index in [0.29, 0.717) is 19.3 Å². The Bertz CT molecular complexity index is 1120. The second kappa shape index (κ2) is 13.4. The van der Waals surface area contributed by atoms with E-state index in [4.69, 9.17) is 0 Å². The molecular weight excluding hydrogens is 486 g/mol. The maximum atomic E-state index is 13.4. The van der Waals surface area contributed by atoms with Gasteiger partial charge in [-0.05, 0) is 49.3 Å². The Balaban J connectivity index is 1.73. The SMILES string of the molecule is CCC(C)C(NC(=O)C(CC(C)C)NC(=O)C1CCCN1)C(=O)NC(Cc1c[nH]c2ccccc12)C(=O)O. The van der Waals surface area contributed by atoms with Crippen molar-refractivity contribution in [2.24, 2.45) is 11.8 Å². The number of amides is 3. The summed E-state index contributed by atoms with van der Waals surface area (Å²) in [6, 6.07) is 4.30. The topological polar surface area (TPSA) is 152 Å². The highest BCUT2D eigenvalue weighted by molar-refractivity contribution is 5.94. The lowest BCUT2D eigenvalue weighted by atomic mass is 9.96. The summed E-state index contributed by atoms with van der Waals surface area (Å²) in [4.78, 5) is 54.6. The minimum absolute atomic E-state index is 0.0900. The monoisotopic (exact) mass is 527 g/mol. The molecule has 0 aliphatic carbocycles. The number of carbonyl (C=O) groups is 4. The van der Waals surface area contributed by atoms with Gasteiger partial charge in [-0.1, -0.05) is 52.3 Å². The van der Waals surface area contributed by atoms with Crippen LogP contribution in [0, 0.1) is 11.8 Å². The molecule has 208 valence electrons. The molecule has 3 amide bonds. The van der Waals surface area contributed by atoms with E-state index >= 15 is 0 Å². The third kappa shape index (κ3) is 7.56. The minimum Gasteiger partial charge on any atom is -0.480 e. The number of H-pyrrole nitrogens is 1. The first-order valence-corrected chi connectivity index (χ1v) is 13.5. The Labute approximate surface area is 223 Å². The first kappa shape index (κ1) is 29.2. The van der Waals surface area contributed by atoms with Gasteiger partial charge in [0.2, 0.25) is 17.7 Å². The largest absolute Gasteiger partial charge is 0.480 e. The van der Waals surface area contributed by atoms with Gasteiger partial charge in [-0.2, -0.15) is 0 Å². The second-order valence-electron chi connectivity index (χ2n) is 10.7. The van der Waals surface area contributed by atoms with Crippen molar-refractivity contribution in [1.82, 2.24) is 26.3 Å². The van der Waals surface area contributed by atoms with Crippen LogP contribution in [0.15, 0.2) is 30.5 Å². The molecule has 10 heteroatoms. The lowest BCUT2D eigenvalue weighted by molar-refractivity contribution is -0.142. The molecule has 1 saturated heterocycles. The number of para-hydroxylation sites is 1. The fraction of sp³-hybridized carbons (Fsp3) is 0.571. The minimum atomic E-state index is -1.18. The highest BCUT2D eigenvalue weighted by atomic mass is 16.4. The normalized spacial score (nSPS) is 18.5. The third-order valence-corrected chi connectivity index (χ3v) is 7.22. The van der Waals surface area contributed by atoms with Crippen molar-refractivity contribution in [3.05, 3.63) is 36.0 Å². The predicted octanol–water partition coefficient (Wildman–Crippen LogP) is 2.09. The summed E-state index contributed by atoms with van der Waals surface area (Å²) in [7, 11) is 0. The van der Waals surface area contributed by atoms with E-state index in [0.717, 1.165) is 29.4 Å². The molecule has 3 rings (SSSR count). The molecule has 0 spiro atoms. The summed E-state index contributed by atoms with van der Waals surface area (Å²) in [5.74, 6) is -2.52. The molecule has 1 aliphatic rings. The van der Waals surface area contributed by atoms with Crippen molar-refractivity contribution in [3.63, 3.8) is 0 Å². The van der Waals surface area contributed by atoms with Crippen LogP contribution in [0.25, 0.3) is 10.9 Å². The summed E-state index contributed by atoms with van der Waals surface area (Å²) < 4.78 is 0. The first-order valence-electron chi connectivity index (χ1n) is 13.5. The molecule has 10 nitrogen and oxygen atoms in total. The van der Waals surface area contributed by atoms with E-state index < -0.39 is 35.9 Å². The summed E-state index contributed by atoms with van der Waals surface area (Å²) in [6.07, 6.45) is 4.46. The molecule has 0 saturated carbocycles. The van der Waals surface area contributed by atoms with Gasteiger partial charge in [-0.3, -0.25) is 14.4 Å². The molecular formula is C28H41N5O5. The van der Waals surface area contributed by atoms with Crippen molar-refractivity contribution >= 4 is 34.6 Å². The number of rotatable bonds is 13. The molecule has 0 radical (unpaired) electrons. The van der Waals surface area contributed by atoms with Crippen molar-refractivity contribution in [2.45, 2.75) is 84.0 Å². The number of benzene rings is 1. The first-order chi connectivity index (χ1) is 18.1. The molecule has 1 aliphatic heterocycles. The maximum absolute atomic E-state index is 13.4. The Morgan fingerprint density at radius 2 is 1.76 bits per heavy atom. The highest BCUT2D eigenvalue weighted by Crippen LogP contribution is 2.20. The molecule has 6 N–H and O–H groups in total. The molecule has 5 unspecified atom stereocenters. The van der Waals surface area contributed by atoms with E-state index in [1.165, 1.54) is 0 Å². The van der Waals surface area contributed by atoms with Crippen LogP contribution in [0.5, 0.6) is 0 Å². The van der Waals surface area contributed by atoms with Crippen molar-refractivity contribution in [3.8, 4) is 0 Å². The van der Waals surface area contributed by atoms with E-state index in [9.17, 15) is 24.3 Å². The molecule has 2 aromatic rings. The van der Waals surface area contributed by atoms with Gasteiger partial charge in [-0.15, -0.1) is 0 Å². The number of fused-ring (bicyclic) bond motifs is 1. The van der Waals surface area contributed by atoms with E-state index in [1.54, 1.807) is 6.20 Å². The lowest BCUT2D eigenvalue weighted by Gasteiger charge is -2.28. The van der Waals surface area contributed by atoms with E-state index in [1.807, 2.05) is 52.0 Å². The molecule has 0 bridgehead atoms. The Hall–Kier alpha value is -3.40. The van der Waals surface area contributed by atoms with Crippen LogP contribution in [-0.4, -0.2) is 64.5 Å². The molecule has 1 aromatic carbocycles. The molecule has 2 heterocycles. The van der Waals surface area contributed by atoms with Gasteiger partial charge in [0.1, 0.15) is 18.1 Å². The number of carboxylic acids is 1. The van der Waals surface area contributed by atoms with E-state index in [2.05, 4.69) is 26.3 Å². The number of hydrogen-bond acceptors (Lipinski definition) is 5. The van der Waals surface area contributed by atoms with Crippen LogP contribution in [0.2, 0.25) is 0 Å². The number of aliphatic carboxylic acids is 1. The Morgan fingerprint density at radius 1 is 1.03 bits per heavy atom. The number of nitrogens with one attached hydrogen (secondary N) is 5. The second-order valence-corrected chi connectivity index (χ2v) is 10.7. The summed E-state index contributed by atoms with van der Waals surface area (Å²) in [5, 5.41) is 22.2. The third-order valence-electron chi connectivity index (χ3n) is 7.22.